The Kier molecular flexibility index (Phi) is 8.88. The third-order valence-electron chi connectivity index (χ3n) is 8.51. The van der Waals surface area contributed by atoms with Gasteiger partial charge in [0.05, 0.1) is 12.1 Å². The number of aromatic amines is 1. The number of carbonyl (C=O) groups is 1. The van der Waals surface area contributed by atoms with E-state index in [1.54, 1.807) is 0 Å². The van der Waals surface area contributed by atoms with Crippen molar-refractivity contribution in [1.29, 1.82) is 0 Å². The summed E-state index contributed by atoms with van der Waals surface area (Å²) in [6.45, 7) is 2.66. The number of H-pyrrole nitrogens is 1. The number of para-hydroxylation sites is 2. The molecule has 0 fully saturated rings. The van der Waals surface area contributed by atoms with Crippen LogP contribution >= 0.6 is 0 Å². The summed E-state index contributed by atoms with van der Waals surface area (Å²) in [7, 11) is 1.89. The highest BCUT2D eigenvalue weighted by Crippen LogP contribution is 2.39. The number of hydrogen-bond donors (Lipinski definition) is 2. The standard InChI is InChI=1S/C40H35N3O6/c1-26-37(35(42-43(26)2)25-47-29-16-9-17-30(24-29)48-28-14-4-3-5-15-28)34-20-10-19-32-33(39(41-38(32)34)49-40(44)45)21-11-23-46-36-22-8-13-27-12-6-7-18-31(27)36/h3-10,12-20,22,24,41H,11,21,23,25H2,1-2H3,(H,44,45). The molecule has 0 aliphatic rings. The Balaban J connectivity index is 1.14. The van der Waals surface area contributed by atoms with E-state index in [2.05, 4.69) is 17.1 Å². The minimum absolute atomic E-state index is 0.203. The Bertz CT molecular complexity index is 2250. The van der Waals surface area contributed by atoms with E-state index in [0.717, 1.165) is 61.3 Å². The lowest BCUT2D eigenvalue weighted by Gasteiger charge is -2.10. The first-order chi connectivity index (χ1) is 23.9. The van der Waals surface area contributed by atoms with Gasteiger partial charge in [0.15, 0.2) is 0 Å². The van der Waals surface area contributed by atoms with Gasteiger partial charge >= 0.3 is 6.16 Å². The average molecular weight is 654 g/mol. The molecule has 246 valence electrons. The molecule has 2 heterocycles. The molecule has 2 aromatic heterocycles. The first kappa shape index (κ1) is 31.4. The summed E-state index contributed by atoms with van der Waals surface area (Å²) < 4.78 is 25.5. The van der Waals surface area contributed by atoms with Crippen LogP contribution in [0.1, 0.15) is 23.4 Å². The molecule has 0 aliphatic heterocycles. The molecule has 0 unspecified atom stereocenters. The van der Waals surface area contributed by atoms with Crippen LogP contribution in [0.25, 0.3) is 32.8 Å². The van der Waals surface area contributed by atoms with E-state index in [1.807, 2.05) is 122 Å². The van der Waals surface area contributed by atoms with Gasteiger partial charge in [0.2, 0.25) is 5.88 Å². The topological polar surface area (TPSA) is 108 Å². The third kappa shape index (κ3) is 6.78. The van der Waals surface area contributed by atoms with Gasteiger partial charge in [0.1, 0.15) is 35.3 Å². The molecule has 5 aromatic carbocycles. The van der Waals surface area contributed by atoms with Gasteiger partial charge in [-0.1, -0.05) is 78.9 Å². The van der Waals surface area contributed by atoms with Crippen LogP contribution in [0.5, 0.6) is 28.9 Å². The fourth-order valence-corrected chi connectivity index (χ4v) is 6.17. The minimum Gasteiger partial charge on any atom is -0.493 e. The predicted molar refractivity (Wildman–Crippen MR) is 189 cm³/mol. The predicted octanol–water partition coefficient (Wildman–Crippen LogP) is 9.47. The van der Waals surface area contributed by atoms with Crippen molar-refractivity contribution in [2.45, 2.75) is 26.4 Å². The Hall–Kier alpha value is -6.22. The second kappa shape index (κ2) is 13.9. The lowest BCUT2D eigenvalue weighted by Crippen LogP contribution is -2.06. The summed E-state index contributed by atoms with van der Waals surface area (Å²) in [5.74, 6) is 3.07. The summed E-state index contributed by atoms with van der Waals surface area (Å²) in [6.07, 6.45) is -0.194. The first-order valence-corrected chi connectivity index (χ1v) is 16.1. The highest BCUT2D eigenvalue weighted by Gasteiger charge is 2.22. The number of nitrogens with zero attached hydrogens (tertiary/aromatic N) is 2. The molecule has 0 aliphatic carbocycles. The van der Waals surface area contributed by atoms with E-state index in [9.17, 15) is 9.90 Å². The smallest absolute Gasteiger partial charge is 0.493 e. The number of benzene rings is 5. The lowest BCUT2D eigenvalue weighted by atomic mass is 9.99. The Morgan fingerprint density at radius 3 is 2.39 bits per heavy atom. The summed E-state index contributed by atoms with van der Waals surface area (Å²) in [6, 6.07) is 37.1. The van der Waals surface area contributed by atoms with E-state index < -0.39 is 6.16 Å². The van der Waals surface area contributed by atoms with E-state index in [1.165, 1.54) is 0 Å². The maximum atomic E-state index is 11.7. The molecule has 9 nitrogen and oxygen atoms in total. The zero-order valence-electron chi connectivity index (χ0n) is 27.2. The van der Waals surface area contributed by atoms with Crippen LogP contribution in [0, 0.1) is 6.92 Å². The molecule has 9 heteroatoms. The molecule has 49 heavy (non-hydrogen) atoms. The van der Waals surface area contributed by atoms with Gasteiger partial charge in [-0.15, -0.1) is 0 Å². The van der Waals surface area contributed by atoms with Gasteiger partial charge < -0.3 is 29.0 Å². The van der Waals surface area contributed by atoms with Gasteiger partial charge in [-0.05, 0) is 55.5 Å². The number of hydrogen-bond acceptors (Lipinski definition) is 6. The molecule has 0 saturated carbocycles. The fourth-order valence-electron chi connectivity index (χ4n) is 6.17. The number of aryl methyl sites for hydroxylation is 2. The zero-order chi connectivity index (χ0) is 33.7. The zero-order valence-corrected chi connectivity index (χ0v) is 27.2. The molecule has 0 spiro atoms. The normalized spacial score (nSPS) is 11.1. The Morgan fingerprint density at radius 2 is 1.53 bits per heavy atom. The monoisotopic (exact) mass is 653 g/mol. The van der Waals surface area contributed by atoms with Crippen LogP contribution in [-0.2, 0) is 20.1 Å². The first-order valence-electron chi connectivity index (χ1n) is 16.1. The van der Waals surface area contributed by atoms with E-state index in [4.69, 9.17) is 24.0 Å². The lowest BCUT2D eigenvalue weighted by molar-refractivity contribution is 0.142. The van der Waals surface area contributed by atoms with Gasteiger partial charge in [0, 0.05) is 46.3 Å². The van der Waals surface area contributed by atoms with Gasteiger partial charge in [0.25, 0.3) is 0 Å². The highest BCUT2D eigenvalue weighted by molar-refractivity contribution is 5.99. The van der Waals surface area contributed by atoms with Crippen LogP contribution in [0.3, 0.4) is 0 Å². The molecule has 0 radical (unpaired) electrons. The van der Waals surface area contributed by atoms with Gasteiger partial charge in [-0.3, -0.25) is 4.68 Å². The molecular weight excluding hydrogens is 618 g/mol. The number of ether oxygens (including phenoxy) is 4. The van der Waals surface area contributed by atoms with Gasteiger partial charge in [-0.2, -0.15) is 5.10 Å². The van der Waals surface area contributed by atoms with Crippen molar-refractivity contribution in [2.75, 3.05) is 6.61 Å². The van der Waals surface area contributed by atoms with Crippen LogP contribution in [-0.4, -0.2) is 32.6 Å². The second-order valence-corrected chi connectivity index (χ2v) is 11.7. The number of aromatic nitrogens is 3. The molecule has 7 rings (SSSR count). The van der Waals surface area contributed by atoms with Crippen LogP contribution < -0.4 is 18.9 Å². The SMILES string of the molecule is Cc1c(-c2cccc3c(CCCOc4cccc5ccccc45)c(OC(=O)O)[nH]c23)c(COc2cccc(Oc3ccccc3)c2)nn1C. The molecule has 7 aromatic rings. The van der Waals surface area contributed by atoms with Crippen molar-refractivity contribution in [3.05, 3.63) is 132 Å². The van der Waals surface area contributed by atoms with Crippen molar-refractivity contribution < 1.29 is 28.8 Å². The quantitative estimate of drug-likeness (QED) is 0.0999. The summed E-state index contributed by atoms with van der Waals surface area (Å²) in [4.78, 5) is 15.0. The van der Waals surface area contributed by atoms with Crippen LogP contribution in [0.15, 0.2) is 115 Å². The summed E-state index contributed by atoms with van der Waals surface area (Å²) in [5.41, 5.74) is 4.99. The minimum atomic E-state index is -1.38. The number of rotatable bonds is 12. The van der Waals surface area contributed by atoms with Crippen molar-refractivity contribution >= 4 is 27.8 Å². The van der Waals surface area contributed by atoms with Crippen molar-refractivity contribution in [3.8, 4) is 40.0 Å². The van der Waals surface area contributed by atoms with Crippen molar-refractivity contribution in [2.24, 2.45) is 7.05 Å². The molecule has 0 saturated heterocycles. The average Bonchev–Trinajstić information content (AvgIpc) is 3.60. The second-order valence-electron chi connectivity index (χ2n) is 11.7. The third-order valence-corrected chi connectivity index (χ3v) is 8.51. The molecular formula is C40H35N3O6. The summed E-state index contributed by atoms with van der Waals surface area (Å²) >= 11 is 0. The van der Waals surface area contributed by atoms with E-state index >= 15 is 0 Å². The van der Waals surface area contributed by atoms with Gasteiger partial charge in [-0.25, -0.2) is 4.79 Å². The molecule has 0 amide bonds. The van der Waals surface area contributed by atoms with E-state index in [-0.39, 0.29) is 12.5 Å². The van der Waals surface area contributed by atoms with Crippen molar-refractivity contribution in [3.63, 3.8) is 0 Å². The molecule has 2 N–H and O–H groups in total. The highest BCUT2D eigenvalue weighted by atomic mass is 16.7. The van der Waals surface area contributed by atoms with E-state index in [0.29, 0.717) is 30.9 Å². The Morgan fingerprint density at radius 1 is 0.816 bits per heavy atom. The Labute approximate surface area is 283 Å². The largest absolute Gasteiger partial charge is 0.512 e. The molecule has 0 atom stereocenters. The number of carboxylic acid groups (broad SMARTS) is 1. The maximum Gasteiger partial charge on any atom is 0.512 e. The van der Waals surface area contributed by atoms with Crippen LogP contribution in [0.2, 0.25) is 0 Å². The number of fused-ring (bicyclic) bond motifs is 2. The molecule has 0 bridgehead atoms. The number of nitrogens with one attached hydrogen (secondary N) is 1. The van der Waals surface area contributed by atoms with Crippen molar-refractivity contribution in [1.82, 2.24) is 14.8 Å². The summed E-state index contributed by atoms with van der Waals surface area (Å²) in [5, 5.41) is 17.4. The van der Waals surface area contributed by atoms with Crippen LogP contribution in [0.4, 0.5) is 4.79 Å². The fraction of sp³-hybridized carbons (Fsp3) is 0.150. The maximum absolute atomic E-state index is 11.7.